The summed E-state index contributed by atoms with van der Waals surface area (Å²) in [5, 5.41) is 10.9. The number of hydrogen-bond acceptors (Lipinski definition) is 4. The molecule has 0 saturated heterocycles. The smallest absolute Gasteiger partial charge is 0.359 e. The van der Waals surface area contributed by atoms with Crippen molar-refractivity contribution in [3.63, 3.8) is 0 Å². The Kier molecular flexibility index (Phi) is 5.44. The lowest BCUT2D eigenvalue weighted by molar-refractivity contribution is -0.124. The van der Waals surface area contributed by atoms with Crippen molar-refractivity contribution in [1.82, 2.24) is 15.5 Å². The van der Waals surface area contributed by atoms with Crippen LogP contribution in [-0.2, 0) is 9.53 Å². The van der Waals surface area contributed by atoms with Gasteiger partial charge < -0.3 is 10.1 Å². The molecule has 1 amide bonds. The summed E-state index contributed by atoms with van der Waals surface area (Å²) in [5.74, 6) is -1.10. The van der Waals surface area contributed by atoms with Crippen LogP contribution >= 0.6 is 23.2 Å². The van der Waals surface area contributed by atoms with E-state index in [0.717, 1.165) is 11.1 Å². The van der Waals surface area contributed by atoms with Crippen molar-refractivity contribution in [2.75, 3.05) is 6.61 Å². The minimum atomic E-state index is -0.667. The molecule has 2 N–H and O–H groups in total. The number of hydrogen-bond donors (Lipinski definition) is 2. The van der Waals surface area contributed by atoms with E-state index in [1.165, 1.54) is 0 Å². The SMILES string of the molecule is CC(NC(=O)COC(=O)c1n[nH]c2ccccc12)c1ccc(Cl)c(Cl)c1. The van der Waals surface area contributed by atoms with E-state index < -0.39 is 18.5 Å². The number of aromatic nitrogens is 2. The maximum Gasteiger partial charge on any atom is 0.359 e. The summed E-state index contributed by atoms with van der Waals surface area (Å²) >= 11 is 11.9. The Morgan fingerprint density at radius 3 is 2.73 bits per heavy atom. The monoisotopic (exact) mass is 391 g/mol. The summed E-state index contributed by atoms with van der Waals surface area (Å²) in [4.78, 5) is 24.2. The Bertz CT molecular complexity index is 971. The standard InChI is InChI=1S/C18H15Cl2N3O3/c1-10(11-6-7-13(19)14(20)8-11)21-16(24)9-26-18(25)17-12-4-2-3-5-15(12)22-23-17/h2-8,10H,9H2,1H3,(H,21,24)(H,22,23). The van der Waals surface area contributed by atoms with Gasteiger partial charge >= 0.3 is 5.97 Å². The highest BCUT2D eigenvalue weighted by atomic mass is 35.5. The zero-order valence-corrected chi connectivity index (χ0v) is 15.3. The van der Waals surface area contributed by atoms with Crippen LogP contribution in [0.2, 0.25) is 10.0 Å². The van der Waals surface area contributed by atoms with Crippen LogP contribution in [-0.4, -0.2) is 28.7 Å². The second kappa shape index (κ2) is 7.76. The fourth-order valence-corrected chi connectivity index (χ4v) is 2.77. The average Bonchev–Trinajstić information content (AvgIpc) is 3.06. The molecular formula is C18H15Cl2N3O3. The molecule has 0 aliphatic rings. The van der Waals surface area contributed by atoms with Gasteiger partial charge in [0.15, 0.2) is 12.3 Å². The van der Waals surface area contributed by atoms with Crippen LogP contribution in [0.3, 0.4) is 0 Å². The second-order valence-electron chi connectivity index (χ2n) is 5.66. The highest BCUT2D eigenvalue weighted by Crippen LogP contribution is 2.25. The number of rotatable bonds is 5. The topological polar surface area (TPSA) is 84.1 Å². The molecule has 6 nitrogen and oxygen atoms in total. The first-order valence-corrected chi connectivity index (χ1v) is 8.56. The number of amides is 1. The summed E-state index contributed by atoms with van der Waals surface area (Å²) in [6.07, 6.45) is 0. The van der Waals surface area contributed by atoms with Crippen LogP contribution in [0, 0.1) is 0 Å². The zero-order valence-electron chi connectivity index (χ0n) is 13.8. The molecule has 3 rings (SSSR count). The molecule has 0 aliphatic carbocycles. The van der Waals surface area contributed by atoms with Gasteiger partial charge in [-0.2, -0.15) is 5.10 Å². The lowest BCUT2D eigenvalue weighted by Gasteiger charge is -2.15. The van der Waals surface area contributed by atoms with E-state index in [4.69, 9.17) is 27.9 Å². The largest absolute Gasteiger partial charge is 0.451 e. The van der Waals surface area contributed by atoms with Gasteiger partial charge in [-0.1, -0.05) is 47.5 Å². The molecule has 8 heteroatoms. The molecule has 26 heavy (non-hydrogen) atoms. The van der Waals surface area contributed by atoms with E-state index in [2.05, 4.69) is 15.5 Å². The van der Waals surface area contributed by atoms with Crippen molar-refractivity contribution >= 4 is 46.0 Å². The van der Waals surface area contributed by atoms with Crippen molar-refractivity contribution in [3.8, 4) is 0 Å². The van der Waals surface area contributed by atoms with Gasteiger partial charge in [0.1, 0.15) is 0 Å². The molecule has 1 heterocycles. The molecule has 2 aromatic carbocycles. The predicted molar refractivity (Wildman–Crippen MR) is 99.4 cm³/mol. The Morgan fingerprint density at radius 1 is 1.19 bits per heavy atom. The highest BCUT2D eigenvalue weighted by molar-refractivity contribution is 6.42. The lowest BCUT2D eigenvalue weighted by Crippen LogP contribution is -2.31. The van der Waals surface area contributed by atoms with Gasteiger partial charge in [0.25, 0.3) is 5.91 Å². The number of para-hydroxylation sites is 1. The zero-order chi connectivity index (χ0) is 18.7. The molecule has 0 aliphatic heterocycles. The van der Waals surface area contributed by atoms with Crippen LogP contribution in [0.4, 0.5) is 0 Å². The van der Waals surface area contributed by atoms with Crippen LogP contribution in [0.25, 0.3) is 10.9 Å². The number of H-pyrrole nitrogens is 1. The number of esters is 1. The van der Waals surface area contributed by atoms with Gasteiger partial charge in [-0.3, -0.25) is 9.89 Å². The maximum atomic E-state index is 12.1. The van der Waals surface area contributed by atoms with Crippen molar-refractivity contribution in [2.45, 2.75) is 13.0 Å². The summed E-state index contributed by atoms with van der Waals surface area (Å²) in [6.45, 7) is 1.38. The molecule has 0 radical (unpaired) electrons. The molecule has 1 aromatic heterocycles. The van der Waals surface area contributed by atoms with Crippen molar-refractivity contribution in [3.05, 3.63) is 63.8 Å². The molecule has 0 bridgehead atoms. The van der Waals surface area contributed by atoms with Gasteiger partial charge in [0.2, 0.25) is 0 Å². The third-order valence-electron chi connectivity index (χ3n) is 3.82. The molecule has 1 atom stereocenters. The fraction of sp³-hybridized carbons (Fsp3) is 0.167. The third kappa shape index (κ3) is 3.98. The van der Waals surface area contributed by atoms with E-state index in [1.807, 2.05) is 6.07 Å². The quantitative estimate of drug-likeness (QED) is 0.645. The summed E-state index contributed by atoms with van der Waals surface area (Å²) in [7, 11) is 0. The van der Waals surface area contributed by atoms with Gasteiger partial charge in [-0.05, 0) is 30.7 Å². The lowest BCUT2D eigenvalue weighted by atomic mass is 10.1. The van der Waals surface area contributed by atoms with E-state index in [-0.39, 0.29) is 11.7 Å². The summed E-state index contributed by atoms with van der Waals surface area (Å²) in [6, 6.07) is 11.9. The number of nitrogens with zero attached hydrogens (tertiary/aromatic N) is 1. The van der Waals surface area contributed by atoms with Crippen LogP contribution in [0.1, 0.15) is 29.0 Å². The number of fused-ring (bicyclic) bond motifs is 1. The minimum absolute atomic E-state index is 0.144. The first-order valence-electron chi connectivity index (χ1n) is 7.80. The number of ether oxygens (including phenoxy) is 1. The number of carbonyl (C=O) groups is 2. The molecule has 1 unspecified atom stereocenters. The summed E-state index contributed by atoms with van der Waals surface area (Å²) < 4.78 is 5.06. The van der Waals surface area contributed by atoms with Crippen molar-refractivity contribution < 1.29 is 14.3 Å². The Balaban J connectivity index is 1.58. The van der Waals surface area contributed by atoms with Gasteiger partial charge in [0.05, 0.1) is 21.6 Å². The molecule has 3 aromatic rings. The maximum absolute atomic E-state index is 12.1. The van der Waals surface area contributed by atoms with E-state index in [1.54, 1.807) is 43.3 Å². The third-order valence-corrected chi connectivity index (χ3v) is 4.56. The highest BCUT2D eigenvalue weighted by Gasteiger charge is 2.18. The number of nitrogens with one attached hydrogen (secondary N) is 2. The average molecular weight is 392 g/mol. The number of aromatic amines is 1. The van der Waals surface area contributed by atoms with Crippen LogP contribution in [0.15, 0.2) is 42.5 Å². The molecule has 0 spiro atoms. The van der Waals surface area contributed by atoms with Gasteiger partial charge in [-0.25, -0.2) is 4.79 Å². The first kappa shape index (κ1) is 18.2. The van der Waals surface area contributed by atoms with Gasteiger partial charge in [-0.15, -0.1) is 0 Å². The number of halogens is 2. The normalized spacial score (nSPS) is 12.0. The van der Waals surface area contributed by atoms with E-state index in [0.29, 0.717) is 15.4 Å². The van der Waals surface area contributed by atoms with Crippen molar-refractivity contribution in [1.29, 1.82) is 0 Å². The fourth-order valence-electron chi connectivity index (χ4n) is 2.47. The first-order chi connectivity index (χ1) is 12.5. The summed E-state index contributed by atoms with van der Waals surface area (Å²) in [5.41, 5.74) is 1.65. The molecular weight excluding hydrogens is 377 g/mol. The number of carbonyl (C=O) groups excluding carboxylic acids is 2. The Labute approximate surface area is 159 Å². The van der Waals surface area contributed by atoms with Crippen molar-refractivity contribution in [2.24, 2.45) is 0 Å². The van der Waals surface area contributed by atoms with Gasteiger partial charge in [0, 0.05) is 5.39 Å². The van der Waals surface area contributed by atoms with E-state index in [9.17, 15) is 9.59 Å². The van der Waals surface area contributed by atoms with Crippen LogP contribution < -0.4 is 5.32 Å². The second-order valence-corrected chi connectivity index (χ2v) is 6.47. The van der Waals surface area contributed by atoms with E-state index >= 15 is 0 Å². The Morgan fingerprint density at radius 2 is 1.96 bits per heavy atom. The number of benzene rings is 2. The molecule has 0 fully saturated rings. The minimum Gasteiger partial charge on any atom is -0.451 e. The van der Waals surface area contributed by atoms with Crippen LogP contribution in [0.5, 0.6) is 0 Å². The molecule has 134 valence electrons. The Hall–Kier alpha value is -2.57. The predicted octanol–water partition coefficient (Wildman–Crippen LogP) is 3.90. The molecule has 0 saturated carbocycles.